The van der Waals surface area contributed by atoms with E-state index in [1.54, 1.807) is 6.07 Å². The van der Waals surface area contributed by atoms with Gasteiger partial charge in [-0.2, -0.15) is 0 Å². The van der Waals surface area contributed by atoms with Crippen molar-refractivity contribution < 1.29 is 9.32 Å². The summed E-state index contributed by atoms with van der Waals surface area (Å²) in [5.41, 5.74) is 8.11. The van der Waals surface area contributed by atoms with E-state index in [1.165, 1.54) is 5.56 Å². The highest BCUT2D eigenvalue weighted by atomic mass is 16.5. The number of benzene rings is 1. The lowest BCUT2D eigenvalue weighted by Gasteiger charge is -2.33. The lowest BCUT2D eigenvalue weighted by atomic mass is 9.94. The number of rotatable bonds is 5. The van der Waals surface area contributed by atoms with E-state index < -0.39 is 0 Å². The Balaban J connectivity index is 1.34. The maximum Gasteiger partial charge on any atom is 0.276 e. The SMILES string of the molecule is CN(Cc1ccccc1)Cc1cc(C(=O)N2CCC3NNCC3C2)no1. The number of hydrazine groups is 1. The highest BCUT2D eigenvalue weighted by Crippen LogP contribution is 2.21. The summed E-state index contributed by atoms with van der Waals surface area (Å²) in [7, 11) is 2.03. The highest BCUT2D eigenvalue weighted by molar-refractivity contribution is 5.92. The predicted molar refractivity (Wildman–Crippen MR) is 97.1 cm³/mol. The van der Waals surface area contributed by atoms with Crippen LogP contribution in [0.4, 0.5) is 0 Å². The van der Waals surface area contributed by atoms with Crippen LogP contribution in [0, 0.1) is 5.92 Å². The number of hydrogen-bond acceptors (Lipinski definition) is 6. The molecular weight excluding hydrogens is 330 g/mol. The zero-order valence-electron chi connectivity index (χ0n) is 15.0. The van der Waals surface area contributed by atoms with Crippen molar-refractivity contribution in [2.24, 2.45) is 5.92 Å². The van der Waals surface area contributed by atoms with Gasteiger partial charge >= 0.3 is 0 Å². The van der Waals surface area contributed by atoms with E-state index >= 15 is 0 Å². The van der Waals surface area contributed by atoms with Crippen LogP contribution in [0.2, 0.25) is 0 Å². The average Bonchev–Trinajstić information content (AvgIpc) is 3.30. The summed E-state index contributed by atoms with van der Waals surface area (Å²) in [6.45, 7) is 3.86. The molecule has 2 fully saturated rings. The Kier molecular flexibility index (Phi) is 5.01. The van der Waals surface area contributed by atoms with Crippen LogP contribution in [0.3, 0.4) is 0 Å². The zero-order valence-corrected chi connectivity index (χ0v) is 15.0. The number of hydrogen-bond donors (Lipinski definition) is 2. The summed E-state index contributed by atoms with van der Waals surface area (Å²) < 4.78 is 5.41. The first-order valence-corrected chi connectivity index (χ1v) is 9.15. The van der Waals surface area contributed by atoms with Gasteiger partial charge in [-0.15, -0.1) is 0 Å². The van der Waals surface area contributed by atoms with Gasteiger partial charge in [0.1, 0.15) is 0 Å². The Labute approximate surface area is 153 Å². The van der Waals surface area contributed by atoms with Crippen LogP contribution in [-0.2, 0) is 13.1 Å². The summed E-state index contributed by atoms with van der Waals surface area (Å²) in [4.78, 5) is 16.8. The van der Waals surface area contributed by atoms with Gasteiger partial charge in [0.15, 0.2) is 11.5 Å². The summed E-state index contributed by atoms with van der Waals surface area (Å²) >= 11 is 0. The smallest absolute Gasteiger partial charge is 0.276 e. The molecule has 7 heteroatoms. The Bertz CT molecular complexity index is 747. The van der Waals surface area contributed by atoms with Crippen LogP contribution in [0.15, 0.2) is 40.9 Å². The number of piperidine rings is 1. The van der Waals surface area contributed by atoms with Gasteiger partial charge in [0.25, 0.3) is 5.91 Å². The van der Waals surface area contributed by atoms with Crippen molar-refractivity contribution in [3.05, 3.63) is 53.4 Å². The third-order valence-electron chi connectivity index (χ3n) is 5.17. The summed E-state index contributed by atoms with van der Waals surface area (Å²) in [5, 5.41) is 4.01. The molecule has 7 nitrogen and oxygen atoms in total. The van der Waals surface area contributed by atoms with Crippen molar-refractivity contribution in [1.82, 2.24) is 25.8 Å². The minimum atomic E-state index is -0.0314. The summed E-state index contributed by atoms with van der Waals surface area (Å²) in [6, 6.07) is 12.5. The molecule has 1 aromatic carbocycles. The monoisotopic (exact) mass is 355 g/mol. The third kappa shape index (κ3) is 3.80. The van der Waals surface area contributed by atoms with Gasteiger partial charge in [-0.3, -0.25) is 20.5 Å². The van der Waals surface area contributed by atoms with Gasteiger partial charge in [0.2, 0.25) is 0 Å². The maximum atomic E-state index is 12.7. The van der Waals surface area contributed by atoms with E-state index in [0.717, 1.165) is 32.6 Å². The molecule has 26 heavy (non-hydrogen) atoms. The van der Waals surface area contributed by atoms with Crippen molar-refractivity contribution in [1.29, 1.82) is 0 Å². The minimum absolute atomic E-state index is 0.0314. The van der Waals surface area contributed by atoms with E-state index in [4.69, 9.17) is 4.52 Å². The number of amides is 1. The molecule has 2 atom stereocenters. The first kappa shape index (κ1) is 17.2. The fraction of sp³-hybridized carbons (Fsp3) is 0.474. The van der Waals surface area contributed by atoms with Gasteiger partial charge in [0, 0.05) is 44.2 Å². The Morgan fingerprint density at radius 3 is 3.04 bits per heavy atom. The fourth-order valence-corrected chi connectivity index (χ4v) is 3.80. The normalized spacial score (nSPS) is 22.6. The van der Waals surface area contributed by atoms with Gasteiger partial charge in [-0.05, 0) is 19.0 Å². The molecule has 138 valence electrons. The molecule has 0 radical (unpaired) electrons. The van der Waals surface area contributed by atoms with Gasteiger partial charge in [-0.25, -0.2) is 0 Å². The largest absolute Gasteiger partial charge is 0.359 e. The quantitative estimate of drug-likeness (QED) is 0.841. The van der Waals surface area contributed by atoms with Crippen molar-refractivity contribution >= 4 is 5.91 Å². The van der Waals surface area contributed by atoms with Crippen LogP contribution in [-0.4, -0.2) is 53.6 Å². The number of aromatic nitrogens is 1. The van der Waals surface area contributed by atoms with Crippen molar-refractivity contribution in [2.75, 3.05) is 26.7 Å². The second kappa shape index (κ2) is 7.57. The van der Waals surface area contributed by atoms with Gasteiger partial charge in [-0.1, -0.05) is 35.5 Å². The predicted octanol–water partition coefficient (Wildman–Crippen LogP) is 1.25. The fourth-order valence-electron chi connectivity index (χ4n) is 3.80. The molecule has 2 aromatic rings. The van der Waals surface area contributed by atoms with Crippen molar-refractivity contribution in [3.8, 4) is 0 Å². The summed E-state index contributed by atoms with van der Waals surface area (Å²) in [6.07, 6.45) is 0.966. The van der Waals surface area contributed by atoms with E-state index in [-0.39, 0.29) is 5.91 Å². The van der Waals surface area contributed by atoms with E-state index in [1.807, 2.05) is 30.1 Å². The number of carbonyl (C=O) groups is 1. The van der Waals surface area contributed by atoms with E-state index in [0.29, 0.717) is 30.0 Å². The first-order valence-electron chi connectivity index (χ1n) is 9.15. The molecule has 0 saturated carbocycles. The number of fused-ring (bicyclic) bond motifs is 1. The second-order valence-electron chi connectivity index (χ2n) is 7.27. The Morgan fingerprint density at radius 2 is 2.19 bits per heavy atom. The standard InChI is InChI=1S/C19H25N5O2/c1-23(11-14-5-3-2-4-6-14)13-16-9-18(22-26-16)19(25)24-8-7-17-15(12-24)10-20-21-17/h2-6,9,15,17,20-21H,7-8,10-13H2,1H3. The molecule has 3 heterocycles. The second-order valence-corrected chi connectivity index (χ2v) is 7.27. The molecular formula is C19H25N5O2. The molecule has 2 aliphatic heterocycles. The molecule has 2 N–H and O–H groups in total. The number of nitrogens with zero attached hydrogens (tertiary/aromatic N) is 3. The molecule has 4 rings (SSSR count). The van der Waals surface area contributed by atoms with Crippen molar-refractivity contribution in [2.45, 2.75) is 25.6 Å². The average molecular weight is 355 g/mol. The minimum Gasteiger partial charge on any atom is -0.359 e. The lowest BCUT2D eigenvalue weighted by Crippen LogP contribution is -2.47. The van der Waals surface area contributed by atoms with Crippen LogP contribution in [0.5, 0.6) is 0 Å². The van der Waals surface area contributed by atoms with Crippen molar-refractivity contribution in [3.63, 3.8) is 0 Å². The van der Waals surface area contributed by atoms with E-state index in [2.05, 4.69) is 33.0 Å². The molecule has 0 bridgehead atoms. The van der Waals surface area contributed by atoms with Gasteiger partial charge in [0.05, 0.1) is 6.54 Å². The molecule has 2 aliphatic rings. The summed E-state index contributed by atoms with van der Waals surface area (Å²) in [5.74, 6) is 1.15. The number of nitrogens with one attached hydrogen (secondary N) is 2. The molecule has 0 spiro atoms. The first-order chi connectivity index (χ1) is 12.7. The Hall–Kier alpha value is -2.22. The topological polar surface area (TPSA) is 73.6 Å². The lowest BCUT2D eigenvalue weighted by molar-refractivity contribution is 0.0658. The molecule has 2 unspecified atom stereocenters. The highest BCUT2D eigenvalue weighted by Gasteiger charge is 2.35. The molecule has 1 aromatic heterocycles. The van der Waals surface area contributed by atoms with Crippen LogP contribution in [0.1, 0.15) is 28.2 Å². The molecule has 1 amide bonds. The van der Waals surface area contributed by atoms with Crippen LogP contribution >= 0.6 is 0 Å². The van der Waals surface area contributed by atoms with Gasteiger partial charge < -0.3 is 9.42 Å². The maximum absolute atomic E-state index is 12.7. The number of likely N-dealkylation sites (tertiary alicyclic amines) is 1. The van der Waals surface area contributed by atoms with Crippen LogP contribution in [0.25, 0.3) is 0 Å². The Morgan fingerprint density at radius 1 is 1.35 bits per heavy atom. The van der Waals surface area contributed by atoms with E-state index in [9.17, 15) is 4.79 Å². The third-order valence-corrected chi connectivity index (χ3v) is 5.17. The van der Waals surface area contributed by atoms with Crippen LogP contribution < -0.4 is 10.9 Å². The zero-order chi connectivity index (χ0) is 17.9. The number of carbonyl (C=O) groups excluding carboxylic acids is 1. The molecule has 2 saturated heterocycles. The molecule has 0 aliphatic carbocycles.